The Morgan fingerprint density at radius 2 is 1.74 bits per heavy atom. The lowest BCUT2D eigenvalue weighted by molar-refractivity contribution is -0.122. The molecule has 2 amide bonds. The summed E-state index contributed by atoms with van der Waals surface area (Å²) in [5.74, 6) is 0.954. The summed E-state index contributed by atoms with van der Waals surface area (Å²) < 4.78 is 3.88. The first kappa shape index (κ1) is 22.2. The molecule has 2 aromatic carbocycles. The van der Waals surface area contributed by atoms with Crippen molar-refractivity contribution >= 4 is 46.1 Å². The fourth-order valence-corrected chi connectivity index (χ4v) is 6.17. The van der Waals surface area contributed by atoms with Gasteiger partial charge in [0.25, 0.3) is 0 Å². The van der Waals surface area contributed by atoms with E-state index < -0.39 is 0 Å². The second kappa shape index (κ2) is 9.37. The van der Waals surface area contributed by atoms with E-state index in [9.17, 15) is 9.59 Å². The molecular formula is C26H28N6O2S. The van der Waals surface area contributed by atoms with Crippen molar-refractivity contribution in [2.75, 3.05) is 17.2 Å². The van der Waals surface area contributed by atoms with Gasteiger partial charge >= 0.3 is 0 Å². The van der Waals surface area contributed by atoms with Gasteiger partial charge in [-0.1, -0.05) is 61.4 Å². The third-order valence-corrected chi connectivity index (χ3v) is 7.97. The topological polar surface area (TPSA) is 84.5 Å². The van der Waals surface area contributed by atoms with Gasteiger partial charge in [-0.25, -0.2) is 0 Å². The summed E-state index contributed by atoms with van der Waals surface area (Å²) in [5.41, 5.74) is 4.08. The molecule has 0 spiro atoms. The minimum Gasteiger partial charge on any atom is -0.352 e. The van der Waals surface area contributed by atoms with Crippen LogP contribution >= 0.6 is 11.8 Å². The average molecular weight is 489 g/mol. The SMILES string of the molecule is O=C(Cn1c2ccccc2n2c(SCC(=O)N3CCc4ccccc43)nnc12)NC1CCCCC1. The highest BCUT2D eigenvalue weighted by Gasteiger charge is 2.26. The third-order valence-electron chi connectivity index (χ3n) is 7.06. The van der Waals surface area contributed by atoms with E-state index >= 15 is 0 Å². The van der Waals surface area contributed by atoms with Gasteiger partial charge in [-0.05, 0) is 43.0 Å². The predicted octanol–water partition coefficient (Wildman–Crippen LogP) is 3.81. The van der Waals surface area contributed by atoms with Gasteiger partial charge in [-0.2, -0.15) is 0 Å². The quantitative estimate of drug-likeness (QED) is 0.417. The van der Waals surface area contributed by atoms with Gasteiger partial charge in [0.15, 0.2) is 5.16 Å². The molecule has 0 unspecified atom stereocenters. The number of aromatic nitrogens is 4. The molecule has 35 heavy (non-hydrogen) atoms. The first-order chi connectivity index (χ1) is 17.2. The minimum atomic E-state index is 0.000215. The van der Waals surface area contributed by atoms with Crippen LogP contribution in [0.3, 0.4) is 0 Å². The fourth-order valence-electron chi connectivity index (χ4n) is 5.35. The molecule has 1 N–H and O–H groups in total. The molecule has 1 aliphatic heterocycles. The summed E-state index contributed by atoms with van der Waals surface area (Å²) in [4.78, 5) is 27.8. The van der Waals surface area contributed by atoms with Gasteiger partial charge in [0.2, 0.25) is 17.6 Å². The molecule has 0 saturated heterocycles. The van der Waals surface area contributed by atoms with E-state index in [-0.39, 0.29) is 30.2 Å². The average Bonchev–Trinajstić information content (AvgIpc) is 3.58. The number of rotatable bonds is 6. The van der Waals surface area contributed by atoms with E-state index in [0.29, 0.717) is 17.5 Å². The van der Waals surface area contributed by atoms with Crippen molar-refractivity contribution in [2.24, 2.45) is 0 Å². The van der Waals surface area contributed by atoms with Crippen LogP contribution in [-0.2, 0) is 22.6 Å². The molecule has 1 aliphatic carbocycles. The summed E-state index contributed by atoms with van der Waals surface area (Å²) in [6.45, 7) is 0.906. The Balaban J connectivity index is 1.23. The zero-order valence-corrected chi connectivity index (χ0v) is 20.3. The number of fused-ring (bicyclic) bond motifs is 4. The monoisotopic (exact) mass is 488 g/mol. The molecule has 2 aromatic heterocycles. The largest absolute Gasteiger partial charge is 0.352 e. The van der Waals surface area contributed by atoms with Crippen LogP contribution in [0.15, 0.2) is 53.7 Å². The minimum absolute atomic E-state index is 0.000215. The number of imidazole rings is 1. The van der Waals surface area contributed by atoms with Crippen LogP contribution in [0.5, 0.6) is 0 Å². The van der Waals surface area contributed by atoms with Gasteiger partial charge in [0.1, 0.15) is 6.54 Å². The molecule has 0 bridgehead atoms. The van der Waals surface area contributed by atoms with Crippen LogP contribution in [-0.4, -0.2) is 49.3 Å². The molecule has 0 radical (unpaired) electrons. The Morgan fingerprint density at radius 1 is 0.971 bits per heavy atom. The van der Waals surface area contributed by atoms with E-state index in [4.69, 9.17) is 0 Å². The third kappa shape index (κ3) is 4.18. The van der Waals surface area contributed by atoms with Crippen molar-refractivity contribution in [1.82, 2.24) is 24.5 Å². The number of amides is 2. The van der Waals surface area contributed by atoms with E-state index in [1.165, 1.54) is 36.6 Å². The van der Waals surface area contributed by atoms with Crippen LogP contribution in [0.25, 0.3) is 16.8 Å². The Bertz CT molecular complexity index is 1400. The Labute approximate surface area is 207 Å². The number of hydrogen-bond donors (Lipinski definition) is 1. The number of nitrogens with zero attached hydrogens (tertiary/aromatic N) is 5. The van der Waals surface area contributed by atoms with Crippen LogP contribution in [0.2, 0.25) is 0 Å². The first-order valence-electron chi connectivity index (χ1n) is 12.3. The van der Waals surface area contributed by atoms with E-state index in [1.54, 1.807) is 0 Å². The number of benzene rings is 2. The maximum Gasteiger partial charge on any atom is 0.240 e. The Kier molecular flexibility index (Phi) is 5.93. The maximum absolute atomic E-state index is 13.0. The highest BCUT2D eigenvalue weighted by atomic mass is 32.2. The number of anilines is 1. The van der Waals surface area contributed by atoms with Gasteiger partial charge in [0.05, 0.1) is 16.8 Å². The lowest BCUT2D eigenvalue weighted by atomic mass is 9.95. The summed E-state index contributed by atoms with van der Waals surface area (Å²) in [7, 11) is 0. The maximum atomic E-state index is 13.0. The number of nitrogens with one attached hydrogen (secondary N) is 1. The normalized spacial score (nSPS) is 16.2. The zero-order valence-electron chi connectivity index (χ0n) is 19.5. The smallest absolute Gasteiger partial charge is 0.240 e. The summed E-state index contributed by atoms with van der Waals surface area (Å²) in [6, 6.07) is 16.3. The molecule has 9 heteroatoms. The van der Waals surface area contributed by atoms with Gasteiger partial charge in [0, 0.05) is 18.3 Å². The number of carbonyl (C=O) groups excluding carboxylic acids is 2. The highest BCUT2D eigenvalue weighted by molar-refractivity contribution is 7.99. The number of para-hydroxylation sites is 3. The predicted molar refractivity (Wildman–Crippen MR) is 137 cm³/mol. The van der Waals surface area contributed by atoms with Crippen molar-refractivity contribution in [3.05, 3.63) is 54.1 Å². The number of thioether (sulfide) groups is 1. The van der Waals surface area contributed by atoms with E-state index in [2.05, 4.69) is 21.6 Å². The van der Waals surface area contributed by atoms with Crippen molar-refractivity contribution in [1.29, 1.82) is 0 Å². The van der Waals surface area contributed by atoms with Crippen molar-refractivity contribution in [3.63, 3.8) is 0 Å². The standard InChI is InChI=1S/C26H28N6O2S/c33-23(27-19-9-2-1-3-10-19)16-31-21-12-6-7-13-22(21)32-25(31)28-29-26(32)35-17-24(34)30-15-14-18-8-4-5-11-20(18)30/h4-8,11-13,19H,1-3,9-10,14-17H2,(H,27,33). The molecule has 3 heterocycles. The molecule has 1 saturated carbocycles. The van der Waals surface area contributed by atoms with Crippen molar-refractivity contribution in [2.45, 2.75) is 56.3 Å². The number of hydrogen-bond acceptors (Lipinski definition) is 5. The van der Waals surface area contributed by atoms with Crippen LogP contribution in [0.4, 0.5) is 5.69 Å². The Hall–Kier alpha value is -3.33. The molecule has 1 fully saturated rings. The molecule has 0 atom stereocenters. The molecule has 180 valence electrons. The second-order valence-corrected chi connectivity index (χ2v) is 10.3. The van der Waals surface area contributed by atoms with Crippen molar-refractivity contribution < 1.29 is 9.59 Å². The van der Waals surface area contributed by atoms with Crippen LogP contribution in [0.1, 0.15) is 37.7 Å². The molecule has 6 rings (SSSR count). The zero-order chi connectivity index (χ0) is 23.8. The van der Waals surface area contributed by atoms with Gasteiger partial charge in [-0.3, -0.25) is 18.6 Å². The number of carbonyl (C=O) groups is 2. The summed E-state index contributed by atoms with van der Waals surface area (Å²) in [6.07, 6.45) is 6.59. The van der Waals surface area contributed by atoms with E-state index in [1.807, 2.05) is 56.3 Å². The van der Waals surface area contributed by atoms with Crippen LogP contribution < -0.4 is 10.2 Å². The molecule has 8 nitrogen and oxygen atoms in total. The molecular weight excluding hydrogens is 460 g/mol. The highest BCUT2D eigenvalue weighted by Crippen LogP contribution is 2.30. The molecule has 2 aliphatic rings. The molecule has 4 aromatic rings. The second-order valence-electron chi connectivity index (χ2n) is 9.31. The van der Waals surface area contributed by atoms with Gasteiger partial charge in [-0.15, -0.1) is 10.2 Å². The fraction of sp³-hybridized carbons (Fsp3) is 0.385. The van der Waals surface area contributed by atoms with Crippen LogP contribution in [0, 0.1) is 0 Å². The first-order valence-corrected chi connectivity index (χ1v) is 13.3. The van der Waals surface area contributed by atoms with Gasteiger partial charge < -0.3 is 10.2 Å². The van der Waals surface area contributed by atoms with Crippen molar-refractivity contribution in [3.8, 4) is 0 Å². The lowest BCUT2D eigenvalue weighted by Gasteiger charge is -2.22. The lowest BCUT2D eigenvalue weighted by Crippen LogP contribution is -2.38. The summed E-state index contributed by atoms with van der Waals surface area (Å²) in [5, 5.41) is 12.7. The Morgan fingerprint density at radius 3 is 2.60 bits per heavy atom. The van der Waals surface area contributed by atoms with E-state index in [0.717, 1.165) is 36.0 Å². The summed E-state index contributed by atoms with van der Waals surface area (Å²) >= 11 is 1.39.